The highest BCUT2D eigenvalue weighted by molar-refractivity contribution is 5.99. The first-order valence-electron chi connectivity index (χ1n) is 17.1. The Morgan fingerprint density at radius 3 is 1.44 bits per heavy atom. The monoisotopic (exact) mass is 671 g/mol. The Bertz CT molecular complexity index is 1240. The molecule has 4 unspecified atom stereocenters. The van der Waals surface area contributed by atoms with E-state index in [0.717, 1.165) is 5.56 Å². The van der Waals surface area contributed by atoms with E-state index in [1.54, 1.807) is 39.8 Å². The Labute approximate surface area is 286 Å². The fourth-order valence-corrected chi connectivity index (χ4v) is 5.06. The molecule has 0 spiro atoms. The number of ether oxygens (including phenoxy) is 1. The van der Waals surface area contributed by atoms with Crippen LogP contribution in [0.5, 0.6) is 0 Å². The van der Waals surface area contributed by atoms with Crippen molar-refractivity contribution >= 4 is 40.9 Å². The molecule has 11 heteroatoms. The SMILES string of the molecule is CC(C)NC(CCC(=O)NC(CCC(=O)NC(CCC(=O)C(C)C(=O)OCc1ccccc1)C(=O)C(C)C)C(=O)C(C)C)C(=O)C(C)C. The number of hydrogen-bond donors (Lipinski definition) is 3. The fraction of sp³-hybridized carbons (Fsp3) is 0.649. The summed E-state index contributed by atoms with van der Waals surface area (Å²) in [5, 5.41) is 8.65. The second-order valence-corrected chi connectivity index (χ2v) is 13.7. The molecule has 0 saturated carbocycles. The lowest BCUT2D eigenvalue weighted by Crippen LogP contribution is -2.47. The van der Waals surface area contributed by atoms with Crippen LogP contribution in [0.1, 0.15) is 106 Å². The Kier molecular flexibility index (Phi) is 18.8. The molecule has 0 aliphatic rings. The number of hydrogen-bond acceptors (Lipinski definition) is 9. The number of carbonyl (C=O) groups excluding carboxylic acids is 7. The zero-order chi connectivity index (χ0) is 36.6. The normalized spacial score (nSPS) is 13.9. The molecule has 0 bridgehead atoms. The van der Waals surface area contributed by atoms with E-state index in [1.807, 2.05) is 45.9 Å². The van der Waals surface area contributed by atoms with Crippen LogP contribution in [0.25, 0.3) is 0 Å². The van der Waals surface area contributed by atoms with E-state index in [2.05, 4.69) is 16.0 Å². The second kappa shape index (κ2) is 21.3. The van der Waals surface area contributed by atoms with Crippen molar-refractivity contribution in [2.24, 2.45) is 23.7 Å². The Morgan fingerprint density at radius 2 is 1.00 bits per heavy atom. The molecule has 0 saturated heterocycles. The summed E-state index contributed by atoms with van der Waals surface area (Å²) in [6.07, 6.45) is 0.0360. The summed E-state index contributed by atoms with van der Waals surface area (Å²) in [7, 11) is 0. The van der Waals surface area contributed by atoms with Crippen molar-refractivity contribution in [3.63, 3.8) is 0 Å². The maximum Gasteiger partial charge on any atom is 0.316 e. The van der Waals surface area contributed by atoms with Gasteiger partial charge in [-0.1, -0.05) is 85.7 Å². The summed E-state index contributed by atoms with van der Waals surface area (Å²) < 4.78 is 5.28. The standard InChI is InChI=1S/C37H57N3O8/c1-22(2)34(44)28(38-25(7)8)16-19-32(42)40-30(36(46)24(5)6)17-20-33(43)39-29(35(45)23(3)4)15-18-31(41)26(9)37(47)48-21-27-13-11-10-12-14-27/h10-14,22-26,28-30,38H,15-21H2,1-9H3,(H,39,43)(H,40,42). The lowest BCUT2D eigenvalue weighted by Gasteiger charge is -2.24. The van der Waals surface area contributed by atoms with E-state index < -0.39 is 59.4 Å². The van der Waals surface area contributed by atoms with Gasteiger partial charge in [0.05, 0.1) is 18.1 Å². The quantitative estimate of drug-likeness (QED) is 0.114. The Hall–Kier alpha value is -3.73. The van der Waals surface area contributed by atoms with Crippen molar-refractivity contribution in [2.45, 2.75) is 132 Å². The van der Waals surface area contributed by atoms with Crippen molar-refractivity contribution in [3.05, 3.63) is 35.9 Å². The summed E-state index contributed by atoms with van der Waals surface area (Å²) >= 11 is 0. The molecule has 3 N–H and O–H groups in total. The highest BCUT2D eigenvalue weighted by atomic mass is 16.5. The molecule has 11 nitrogen and oxygen atoms in total. The van der Waals surface area contributed by atoms with Crippen LogP contribution < -0.4 is 16.0 Å². The van der Waals surface area contributed by atoms with E-state index in [-0.39, 0.29) is 74.4 Å². The van der Waals surface area contributed by atoms with Crippen molar-refractivity contribution in [1.29, 1.82) is 0 Å². The number of esters is 1. The van der Waals surface area contributed by atoms with E-state index >= 15 is 0 Å². The van der Waals surface area contributed by atoms with Crippen LogP contribution in [-0.2, 0) is 44.9 Å². The van der Waals surface area contributed by atoms with Gasteiger partial charge < -0.3 is 20.7 Å². The molecule has 0 fully saturated rings. The lowest BCUT2D eigenvalue weighted by atomic mass is 9.93. The third-order valence-electron chi connectivity index (χ3n) is 8.00. The molecule has 1 rings (SSSR count). The van der Waals surface area contributed by atoms with Gasteiger partial charge in [0.15, 0.2) is 17.3 Å². The van der Waals surface area contributed by atoms with Crippen molar-refractivity contribution in [3.8, 4) is 0 Å². The third kappa shape index (κ3) is 15.4. The van der Waals surface area contributed by atoms with Crippen molar-refractivity contribution in [2.75, 3.05) is 0 Å². The van der Waals surface area contributed by atoms with Gasteiger partial charge in [-0.3, -0.25) is 33.6 Å². The molecule has 0 heterocycles. The van der Waals surface area contributed by atoms with Crippen LogP contribution in [0.2, 0.25) is 0 Å². The number of Topliss-reactive ketones (excluding diaryl/α,β-unsaturated/α-hetero) is 4. The van der Waals surface area contributed by atoms with Gasteiger partial charge in [-0.05, 0) is 31.7 Å². The minimum absolute atomic E-state index is 0.00363. The zero-order valence-electron chi connectivity index (χ0n) is 30.2. The maximum atomic E-state index is 13.0. The van der Waals surface area contributed by atoms with Crippen LogP contribution in [0, 0.1) is 23.7 Å². The third-order valence-corrected chi connectivity index (χ3v) is 8.00. The van der Waals surface area contributed by atoms with Crippen LogP contribution in [0.4, 0.5) is 0 Å². The first-order valence-corrected chi connectivity index (χ1v) is 17.1. The summed E-state index contributed by atoms with van der Waals surface area (Å²) in [4.78, 5) is 89.8. The van der Waals surface area contributed by atoms with Gasteiger partial charge in [-0.25, -0.2) is 0 Å². The van der Waals surface area contributed by atoms with Gasteiger partial charge in [-0.2, -0.15) is 0 Å². The molecule has 2 amide bonds. The molecule has 1 aromatic rings. The number of benzene rings is 1. The molecule has 1 aromatic carbocycles. The van der Waals surface area contributed by atoms with Gasteiger partial charge in [0.2, 0.25) is 11.8 Å². The molecule has 0 radical (unpaired) electrons. The number of amides is 2. The van der Waals surface area contributed by atoms with Crippen LogP contribution in [0.15, 0.2) is 30.3 Å². The molecular formula is C37H57N3O8. The smallest absolute Gasteiger partial charge is 0.316 e. The average Bonchev–Trinajstić information content (AvgIpc) is 3.04. The van der Waals surface area contributed by atoms with Gasteiger partial charge in [0, 0.05) is 43.1 Å². The maximum absolute atomic E-state index is 13.0. The zero-order valence-corrected chi connectivity index (χ0v) is 30.2. The minimum atomic E-state index is -1.04. The number of carbonyl (C=O) groups is 7. The average molecular weight is 672 g/mol. The van der Waals surface area contributed by atoms with Crippen LogP contribution in [0.3, 0.4) is 0 Å². The van der Waals surface area contributed by atoms with E-state index in [1.165, 1.54) is 6.92 Å². The van der Waals surface area contributed by atoms with E-state index in [4.69, 9.17) is 4.74 Å². The van der Waals surface area contributed by atoms with Gasteiger partial charge >= 0.3 is 5.97 Å². The Balaban J connectivity index is 2.81. The molecule has 0 aromatic heterocycles. The van der Waals surface area contributed by atoms with Crippen LogP contribution in [-0.4, -0.2) is 65.1 Å². The molecule has 48 heavy (non-hydrogen) atoms. The summed E-state index contributed by atoms with van der Waals surface area (Å²) in [6, 6.07) is 6.74. The highest BCUT2D eigenvalue weighted by Crippen LogP contribution is 2.14. The molecule has 0 aliphatic carbocycles. The largest absolute Gasteiger partial charge is 0.460 e. The van der Waals surface area contributed by atoms with E-state index in [9.17, 15) is 33.6 Å². The first kappa shape index (κ1) is 42.3. The van der Waals surface area contributed by atoms with E-state index in [0.29, 0.717) is 0 Å². The number of nitrogens with one attached hydrogen (secondary N) is 3. The lowest BCUT2D eigenvalue weighted by molar-refractivity contribution is -0.152. The molecule has 268 valence electrons. The first-order chi connectivity index (χ1) is 22.4. The highest BCUT2D eigenvalue weighted by Gasteiger charge is 2.30. The minimum Gasteiger partial charge on any atom is -0.460 e. The van der Waals surface area contributed by atoms with Crippen LogP contribution >= 0.6 is 0 Å². The molecular weight excluding hydrogens is 614 g/mol. The molecule has 4 atom stereocenters. The predicted octanol–water partition coefficient (Wildman–Crippen LogP) is 4.29. The van der Waals surface area contributed by atoms with Crippen molar-refractivity contribution < 1.29 is 38.3 Å². The van der Waals surface area contributed by atoms with Gasteiger partial charge in [-0.15, -0.1) is 0 Å². The Morgan fingerprint density at radius 1 is 0.583 bits per heavy atom. The number of ketones is 4. The van der Waals surface area contributed by atoms with Gasteiger partial charge in [0.25, 0.3) is 0 Å². The topological polar surface area (TPSA) is 165 Å². The second-order valence-electron chi connectivity index (χ2n) is 13.7. The molecule has 0 aliphatic heterocycles. The summed E-state index contributed by atoms with van der Waals surface area (Å²) in [5.41, 5.74) is 0.790. The fourth-order valence-electron chi connectivity index (χ4n) is 5.06. The van der Waals surface area contributed by atoms with Crippen molar-refractivity contribution in [1.82, 2.24) is 16.0 Å². The number of rotatable bonds is 23. The predicted molar refractivity (Wildman–Crippen MR) is 184 cm³/mol. The summed E-state index contributed by atoms with van der Waals surface area (Å²) in [5.74, 6) is -4.54. The summed E-state index contributed by atoms with van der Waals surface area (Å²) in [6.45, 7) is 15.7. The van der Waals surface area contributed by atoms with Gasteiger partial charge in [0.1, 0.15) is 18.3 Å².